The zero-order chi connectivity index (χ0) is 26.4. The molecular formula is C26H36BrN3O4S. The second-order valence-electron chi connectivity index (χ2n) is 9.84. The molecule has 2 aromatic rings. The average molecular weight is 567 g/mol. The van der Waals surface area contributed by atoms with Crippen LogP contribution in [-0.2, 0) is 26.2 Å². The Morgan fingerprint density at radius 3 is 2.11 bits per heavy atom. The van der Waals surface area contributed by atoms with E-state index >= 15 is 0 Å². The summed E-state index contributed by atoms with van der Waals surface area (Å²) < 4.78 is 27.0. The maximum Gasteiger partial charge on any atom is 0.242 e. The smallest absolute Gasteiger partial charge is 0.242 e. The van der Waals surface area contributed by atoms with Crippen LogP contribution in [0, 0.1) is 6.92 Å². The Morgan fingerprint density at radius 2 is 1.60 bits per heavy atom. The second-order valence-corrected chi connectivity index (χ2v) is 12.7. The highest BCUT2D eigenvalue weighted by Crippen LogP contribution is 2.20. The fourth-order valence-electron chi connectivity index (χ4n) is 3.56. The number of carbonyl (C=O) groups excluding carboxylic acids is 2. The highest BCUT2D eigenvalue weighted by atomic mass is 79.9. The van der Waals surface area contributed by atoms with Crippen molar-refractivity contribution < 1.29 is 18.0 Å². The van der Waals surface area contributed by atoms with Crippen LogP contribution in [0.2, 0.25) is 0 Å². The lowest BCUT2D eigenvalue weighted by Gasteiger charge is -2.32. The van der Waals surface area contributed by atoms with Crippen LogP contribution >= 0.6 is 15.9 Å². The van der Waals surface area contributed by atoms with Crippen LogP contribution in [0.25, 0.3) is 0 Å². The predicted molar refractivity (Wildman–Crippen MR) is 145 cm³/mol. The van der Waals surface area contributed by atoms with Crippen molar-refractivity contribution >= 4 is 43.5 Å². The molecule has 0 saturated carbocycles. The number of aryl methyl sites for hydroxylation is 1. The standard InChI is InChI=1S/C26H36BrN3O4S/c1-19-9-15-23(16-10-19)30(35(6,33)34)17-7-8-24(31)29(18-21-11-13-22(27)14-12-21)20(2)25(32)28-26(3,4)5/h9-16,20H,7-8,17-18H2,1-6H3,(H,28,32). The lowest BCUT2D eigenvalue weighted by atomic mass is 10.1. The third-order valence-electron chi connectivity index (χ3n) is 5.41. The lowest BCUT2D eigenvalue weighted by Crippen LogP contribution is -2.52. The van der Waals surface area contributed by atoms with Gasteiger partial charge in [0.25, 0.3) is 0 Å². The molecule has 0 fully saturated rings. The van der Waals surface area contributed by atoms with Crippen LogP contribution in [-0.4, -0.2) is 49.5 Å². The van der Waals surface area contributed by atoms with Gasteiger partial charge in [-0.3, -0.25) is 13.9 Å². The van der Waals surface area contributed by atoms with Crippen molar-refractivity contribution in [2.45, 2.75) is 65.6 Å². The summed E-state index contributed by atoms with van der Waals surface area (Å²) >= 11 is 3.41. The summed E-state index contributed by atoms with van der Waals surface area (Å²) in [4.78, 5) is 27.7. The van der Waals surface area contributed by atoms with Gasteiger partial charge in [-0.2, -0.15) is 0 Å². The lowest BCUT2D eigenvalue weighted by molar-refractivity contribution is -0.141. The first-order chi connectivity index (χ1) is 16.2. The maximum absolute atomic E-state index is 13.3. The quantitative estimate of drug-likeness (QED) is 0.454. The number of benzene rings is 2. The number of hydrogen-bond donors (Lipinski definition) is 1. The Balaban J connectivity index is 2.17. The van der Waals surface area contributed by atoms with Gasteiger partial charge in [0.15, 0.2) is 0 Å². The van der Waals surface area contributed by atoms with E-state index in [-0.39, 0.29) is 31.3 Å². The molecule has 7 nitrogen and oxygen atoms in total. The van der Waals surface area contributed by atoms with Crippen LogP contribution < -0.4 is 9.62 Å². The number of anilines is 1. The summed E-state index contributed by atoms with van der Waals surface area (Å²) in [6, 6.07) is 14.1. The normalized spacial score (nSPS) is 12.7. The zero-order valence-electron chi connectivity index (χ0n) is 21.3. The largest absolute Gasteiger partial charge is 0.350 e. The number of rotatable bonds is 10. The number of nitrogens with one attached hydrogen (secondary N) is 1. The van der Waals surface area contributed by atoms with Crippen molar-refractivity contribution in [3.05, 3.63) is 64.1 Å². The number of amides is 2. The Bertz CT molecular complexity index is 1110. The molecule has 9 heteroatoms. The molecule has 2 rings (SSSR count). The first-order valence-electron chi connectivity index (χ1n) is 11.6. The monoisotopic (exact) mass is 565 g/mol. The molecule has 0 bridgehead atoms. The van der Waals surface area contributed by atoms with Gasteiger partial charge >= 0.3 is 0 Å². The van der Waals surface area contributed by atoms with Gasteiger partial charge in [-0.25, -0.2) is 8.42 Å². The van der Waals surface area contributed by atoms with Gasteiger partial charge in [0, 0.05) is 29.5 Å². The Morgan fingerprint density at radius 1 is 1.03 bits per heavy atom. The van der Waals surface area contributed by atoms with Crippen molar-refractivity contribution in [2.24, 2.45) is 0 Å². The molecule has 0 aromatic heterocycles. The van der Waals surface area contributed by atoms with E-state index in [2.05, 4.69) is 21.2 Å². The molecule has 0 radical (unpaired) electrons. The van der Waals surface area contributed by atoms with Crippen LogP contribution in [0.1, 0.15) is 51.7 Å². The Hall–Kier alpha value is -2.39. The van der Waals surface area contributed by atoms with Crippen LogP contribution in [0.3, 0.4) is 0 Å². The minimum absolute atomic E-state index is 0.113. The van der Waals surface area contributed by atoms with E-state index in [4.69, 9.17) is 0 Å². The number of hydrogen-bond acceptors (Lipinski definition) is 4. The molecule has 1 N–H and O–H groups in total. The van der Waals surface area contributed by atoms with Gasteiger partial charge in [-0.15, -0.1) is 0 Å². The van der Waals surface area contributed by atoms with Crippen LogP contribution in [0.4, 0.5) is 5.69 Å². The van der Waals surface area contributed by atoms with Crippen molar-refractivity contribution in [1.82, 2.24) is 10.2 Å². The third kappa shape index (κ3) is 9.29. The van der Waals surface area contributed by atoms with Gasteiger partial charge in [0.05, 0.1) is 11.9 Å². The van der Waals surface area contributed by atoms with E-state index in [0.29, 0.717) is 12.1 Å². The molecule has 1 atom stereocenters. The van der Waals surface area contributed by atoms with Gasteiger partial charge in [-0.05, 0) is 70.9 Å². The molecule has 0 spiro atoms. The van der Waals surface area contributed by atoms with Crippen molar-refractivity contribution in [3.63, 3.8) is 0 Å². The molecule has 1 unspecified atom stereocenters. The van der Waals surface area contributed by atoms with Crippen LogP contribution in [0.5, 0.6) is 0 Å². The third-order valence-corrected chi connectivity index (χ3v) is 7.13. The highest BCUT2D eigenvalue weighted by molar-refractivity contribution is 9.10. The molecule has 2 amide bonds. The molecule has 2 aromatic carbocycles. The highest BCUT2D eigenvalue weighted by Gasteiger charge is 2.28. The summed E-state index contributed by atoms with van der Waals surface area (Å²) in [5.74, 6) is -0.442. The van der Waals surface area contributed by atoms with Crippen molar-refractivity contribution in [2.75, 3.05) is 17.1 Å². The van der Waals surface area contributed by atoms with E-state index < -0.39 is 21.6 Å². The van der Waals surface area contributed by atoms with Gasteiger partial charge in [0.1, 0.15) is 6.04 Å². The fourth-order valence-corrected chi connectivity index (χ4v) is 4.79. The van der Waals surface area contributed by atoms with Gasteiger partial charge in [-0.1, -0.05) is 45.8 Å². The summed E-state index contributed by atoms with van der Waals surface area (Å²) in [6.07, 6.45) is 1.60. The summed E-state index contributed by atoms with van der Waals surface area (Å²) in [5, 5.41) is 2.94. The zero-order valence-corrected chi connectivity index (χ0v) is 23.7. The van der Waals surface area contributed by atoms with E-state index in [1.54, 1.807) is 24.0 Å². The molecule has 0 aliphatic rings. The van der Waals surface area contributed by atoms with E-state index in [1.807, 2.05) is 64.1 Å². The minimum atomic E-state index is -3.51. The molecule has 35 heavy (non-hydrogen) atoms. The first kappa shape index (κ1) is 28.8. The summed E-state index contributed by atoms with van der Waals surface area (Å²) in [7, 11) is -3.51. The Labute approximate surface area is 218 Å². The van der Waals surface area contributed by atoms with Crippen molar-refractivity contribution in [3.8, 4) is 0 Å². The SMILES string of the molecule is Cc1ccc(N(CCCC(=O)N(Cc2ccc(Br)cc2)C(C)C(=O)NC(C)(C)C)S(C)(=O)=O)cc1. The molecule has 0 aliphatic carbocycles. The minimum Gasteiger partial charge on any atom is -0.350 e. The topological polar surface area (TPSA) is 86.8 Å². The number of nitrogens with zero attached hydrogens (tertiary/aromatic N) is 2. The molecule has 192 valence electrons. The second kappa shape index (κ2) is 12.0. The van der Waals surface area contributed by atoms with Gasteiger partial charge in [0.2, 0.25) is 21.8 Å². The van der Waals surface area contributed by atoms with Crippen LogP contribution in [0.15, 0.2) is 53.0 Å². The number of sulfonamides is 1. The van der Waals surface area contributed by atoms with E-state index in [0.717, 1.165) is 21.9 Å². The summed E-state index contributed by atoms with van der Waals surface area (Å²) in [6.45, 7) is 9.77. The van der Waals surface area contributed by atoms with Gasteiger partial charge < -0.3 is 10.2 Å². The average Bonchev–Trinajstić information content (AvgIpc) is 2.74. The summed E-state index contributed by atoms with van der Waals surface area (Å²) in [5.41, 5.74) is 2.06. The number of halogens is 1. The maximum atomic E-state index is 13.3. The first-order valence-corrected chi connectivity index (χ1v) is 14.2. The molecule has 0 aliphatic heterocycles. The fraction of sp³-hybridized carbons (Fsp3) is 0.462. The number of carbonyl (C=O) groups is 2. The molecular weight excluding hydrogens is 530 g/mol. The molecule has 0 heterocycles. The van der Waals surface area contributed by atoms with Crippen molar-refractivity contribution in [1.29, 1.82) is 0 Å². The molecule has 0 saturated heterocycles. The van der Waals surface area contributed by atoms with E-state index in [9.17, 15) is 18.0 Å². The predicted octanol–water partition coefficient (Wildman–Crippen LogP) is 4.64. The van der Waals surface area contributed by atoms with E-state index in [1.165, 1.54) is 4.31 Å². The Kier molecular flexibility index (Phi) is 9.92.